The van der Waals surface area contributed by atoms with E-state index in [4.69, 9.17) is 0 Å². The number of piperidine rings is 1. The van der Waals surface area contributed by atoms with Crippen molar-refractivity contribution in [3.63, 3.8) is 0 Å². The highest BCUT2D eigenvalue weighted by molar-refractivity contribution is 5.90. The summed E-state index contributed by atoms with van der Waals surface area (Å²) >= 11 is 0. The van der Waals surface area contributed by atoms with Gasteiger partial charge in [0.15, 0.2) is 0 Å². The van der Waals surface area contributed by atoms with Gasteiger partial charge in [0, 0.05) is 13.1 Å². The maximum atomic E-state index is 12.7. The predicted molar refractivity (Wildman–Crippen MR) is 95.9 cm³/mol. The Morgan fingerprint density at radius 2 is 1.87 bits per heavy atom. The fourth-order valence-corrected chi connectivity index (χ4v) is 3.98. The molecule has 0 saturated carbocycles. The van der Waals surface area contributed by atoms with Gasteiger partial charge in [0.2, 0.25) is 5.91 Å². The van der Waals surface area contributed by atoms with Crippen molar-refractivity contribution in [2.75, 3.05) is 26.2 Å². The molecule has 2 aromatic carbocycles. The summed E-state index contributed by atoms with van der Waals surface area (Å²) in [6.45, 7) is 4.06. The number of nitrogens with zero attached hydrogens (tertiary/aromatic N) is 1. The van der Waals surface area contributed by atoms with E-state index in [-0.39, 0.29) is 18.3 Å². The van der Waals surface area contributed by atoms with Crippen molar-refractivity contribution in [1.29, 1.82) is 0 Å². The summed E-state index contributed by atoms with van der Waals surface area (Å²) in [5, 5.41) is 5.88. The van der Waals surface area contributed by atoms with Crippen molar-refractivity contribution in [1.82, 2.24) is 10.2 Å². The summed E-state index contributed by atoms with van der Waals surface area (Å²) in [7, 11) is 0. The van der Waals surface area contributed by atoms with E-state index in [1.165, 1.54) is 10.8 Å². The van der Waals surface area contributed by atoms with E-state index >= 15 is 0 Å². The summed E-state index contributed by atoms with van der Waals surface area (Å²) in [5.41, 5.74) is 1.15. The van der Waals surface area contributed by atoms with Crippen molar-refractivity contribution in [2.45, 2.75) is 12.8 Å². The topological polar surface area (TPSA) is 32.3 Å². The van der Waals surface area contributed by atoms with Crippen LogP contribution in [0.1, 0.15) is 12.0 Å². The fraction of sp³-hybridized carbons (Fsp3) is 0.421. The van der Waals surface area contributed by atoms with Crippen LogP contribution in [0.2, 0.25) is 0 Å². The number of nitrogens with one attached hydrogen (secondary N) is 1. The number of carbonyl (C=O) groups excluding carboxylic acids is 1. The van der Waals surface area contributed by atoms with Gasteiger partial charge in [0.25, 0.3) is 0 Å². The van der Waals surface area contributed by atoms with Crippen molar-refractivity contribution in [3.05, 3.63) is 48.0 Å². The van der Waals surface area contributed by atoms with Crippen molar-refractivity contribution >= 4 is 29.1 Å². The molecule has 2 aliphatic rings. The van der Waals surface area contributed by atoms with E-state index in [9.17, 15) is 4.79 Å². The molecule has 122 valence electrons. The van der Waals surface area contributed by atoms with Gasteiger partial charge in [-0.2, -0.15) is 0 Å². The molecule has 2 aromatic rings. The largest absolute Gasteiger partial charge is 0.342 e. The predicted octanol–water partition coefficient (Wildman–Crippen LogP) is 2.87. The molecule has 2 fully saturated rings. The zero-order valence-corrected chi connectivity index (χ0v) is 14.0. The smallest absolute Gasteiger partial charge is 0.227 e. The summed E-state index contributed by atoms with van der Waals surface area (Å²) in [6.07, 6.45) is 1.67. The van der Waals surface area contributed by atoms with E-state index in [0.717, 1.165) is 44.1 Å². The first-order chi connectivity index (χ1) is 10.8. The van der Waals surface area contributed by atoms with E-state index in [2.05, 4.69) is 40.5 Å². The molecule has 4 rings (SSSR count). The number of likely N-dealkylation sites (tertiary alicyclic amines) is 1. The van der Waals surface area contributed by atoms with Crippen LogP contribution in [0, 0.1) is 11.8 Å². The number of hydrogen-bond donors (Lipinski definition) is 1. The lowest BCUT2D eigenvalue weighted by atomic mass is 9.88. The third kappa shape index (κ3) is 3.22. The second kappa shape index (κ2) is 6.90. The van der Waals surface area contributed by atoms with Crippen LogP contribution in [-0.4, -0.2) is 37.0 Å². The van der Waals surface area contributed by atoms with Crippen LogP contribution in [-0.2, 0) is 11.2 Å². The van der Waals surface area contributed by atoms with Crippen LogP contribution in [0.4, 0.5) is 0 Å². The normalized spacial score (nSPS) is 23.4. The lowest BCUT2D eigenvalue weighted by Crippen LogP contribution is -2.44. The minimum Gasteiger partial charge on any atom is -0.342 e. The molecular weight excluding hydrogens is 308 g/mol. The molecule has 1 amide bonds. The molecule has 2 unspecified atom stereocenters. The minimum absolute atomic E-state index is 0. The number of rotatable bonds is 2. The molecule has 4 heteroatoms. The van der Waals surface area contributed by atoms with Gasteiger partial charge < -0.3 is 10.2 Å². The SMILES string of the molecule is Cl.O=C(Cc1cccc2ccccc12)N1CCC2CNCC2C1. The van der Waals surface area contributed by atoms with Crippen LogP contribution in [0.3, 0.4) is 0 Å². The first-order valence-corrected chi connectivity index (χ1v) is 8.26. The minimum atomic E-state index is 0. The third-order valence-corrected chi connectivity index (χ3v) is 5.28. The Kier molecular flexibility index (Phi) is 4.88. The number of benzene rings is 2. The lowest BCUT2D eigenvalue weighted by molar-refractivity contribution is -0.132. The van der Waals surface area contributed by atoms with Gasteiger partial charge in [0.05, 0.1) is 6.42 Å². The average molecular weight is 331 g/mol. The molecule has 3 nitrogen and oxygen atoms in total. The first-order valence-electron chi connectivity index (χ1n) is 8.26. The zero-order chi connectivity index (χ0) is 14.9. The molecule has 23 heavy (non-hydrogen) atoms. The highest BCUT2D eigenvalue weighted by Crippen LogP contribution is 2.27. The third-order valence-electron chi connectivity index (χ3n) is 5.28. The van der Waals surface area contributed by atoms with Crippen LogP contribution in [0.25, 0.3) is 10.8 Å². The van der Waals surface area contributed by atoms with Crippen LogP contribution in [0.15, 0.2) is 42.5 Å². The highest BCUT2D eigenvalue weighted by Gasteiger charge is 2.34. The Hall–Kier alpha value is -1.58. The molecular formula is C19H23ClN2O. The molecule has 1 N–H and O–H groups in total. The summed E-state index contributed by atoms with van der Waals surface area (Å²) in [6, 6.07) is 14.6. The monoisotopic (exact) mass is 330 g/mol. The second-order valence-corrected chi connectivity index (χ2v) is 6.62. The number of fused-ring (bicyclic) bond motifs is 2. The molecule has 0 radical (unpaired) electrons. The number of hydrogen-bond acceptors (Lipinski definition) is 2. The molecule has 0 spiro atoms. The Morgan fingerprint density at radius 1 is 1.09 bits per heavy atom. The quantitative estimate of drug-likeness (QED) is 0.918. The standard InChI is InChI=1S/C19H22N2O.ClH/c22-19(21-9-8-16-11-20-12-17(16)13-21)10-15-6-3-5-14-4-1-2-7-18(14)15;/h1-7,16-17,20H,8-13H2;1H. The summed E-state index contributed by atoms with van der Waals surface area (Å²) in [5.74, 6) is 1.72. The molecule has 2 atom stereocenters. The Bertz CT molecular complexity index is 697. The van der Waals surface area contributed by atoms with Crippen molar-refractivity contribution in [2.24, 2.45) is 11.8 Å². The van der Waals surface area contributed by atoms with Crippen molar-refractivity contribution < 1.29 is 4.79 Å². The maximum Gasteiger partial charge on any atom is 0.227 e. The van der Waals surface area contributed by atoms with Gasteiger partial charge in [-0.25, -0.2) is 0 Å². The van der Waals surface area contributed by atoms with Crippen molar-refractivity contribution in [3.8, 4) is 0 Å². The Balaban J connectivity index is 0.00000156. The average Bonchev–Trinajstić information content (AvgIpc) is 3.02. The van der Waals surface area contributed by atoms with Crippen LogP contribution >= 0.6 is 12.4 Å². The van der Waals surface area contributed by atoms with E-state index in [0.29, 0.717) is 12.3 Å². The highest BCUT2D eigenvalue weighted by atomic mass is 35.5. The molecule has 0 bridgehead atoms. The fourth-order valence-electron chi connectivity index (χ4n) is 3.98. The van der Waals surface area contributed by atoms with E-state index in [1.807, 2.05) is 12.1 Å². The molecule has 2 heterocycles. The summed E-state index contributed by atoms with van der Waals surface area (Å²) in [4.78, 5) is 14.8. The van der Waals surface area contributed by atoms with Gasteiger partial charge in [-0.3, -0.25) is 4.79 Å². The van der Waals surface area contributed by atoms with Gasteiger partial charge in [-0.1, -0.05) is 42.5 Å². The van der Waals surface area contributed by atoms with Gasteiger partial charge in [-0.15, -0.1) is 12.4 Å². The van der Waals surface area contributed by atoms with E-state index in [1.54, 1.807) is 0 Å². The number of amides is 1. The number of halogens is 1. The Morgan fingerprint density at radius 3 is 2.78 bits per heavy atom. The van der Waals surface area contributed by atoms with Crippen LogP contribution in [0.5, 0.6) is 0 Å². The molecule has 2 saturated heterocycles. The molecule has 0 aromatic heterocycles. The van der Waals surface area contributed by atoms with Gasteiger partial charge >= 0.3 is 0 Å². The molecule has 0 aliphatic carbocycles. The van der Waals surface area contributed by atoms with Gasteiger partial charge in [0.1, 0.15) is 0 Å². The number of carbonyl (C=O) groups is 1. The maximum absolute atomic E-state index is 12.7. The molecule has 2 aliphatic heterocycles. The van der Waals surface area contributed by atoms with E-state index < -0.39 is 0 Å². The summed E-state index contributed by atoms with van der Waals surface area (Å²) < 4.78 is 0. The zero-order valence-electron chi connectivity index (χ0n) is 13.2. The Labute approximate surface area is 143 Å². The first kappa shape index (κ1) is 16.3. The van der Waals surface area contributed by atoms with Crippen LogP contribution < -0.4 is 5.32 Å². The lowest BCUT2D eigenvalue weighted by Gasteiger charge is -2.34. The van der Waals surface area contributed by atoms with Gasteiger partial charge in [-0.05, 0) is 47.7 Å². The second-order valence-electron chi connectivity index (χ2n) is 6.62.